The highest BCUT2D eigenvalue weighted by Crippen LogP contribution is 2.44. The third-order valence-corrected chi connectivity index (χ3v) is 3.39. The minimum absolute atomic E-state index is 0.0127. The van der Waals surface area contributed by atoms with Crippen LogP contribution in [0.5, 0.6) is 0 Å². The maximum atomic E-state index is 12.6. The second kappa shape index (κ2) is 5.67. The summed E-state index contributed by atoms with van der Waals surface area (Å²) >= 11 is 0. The molecule has 1 saturated carbocycles. The van der Waals surface area contributed by atoms with E-state index in [4.69, 9.17) is 0 Å². The predicted octanol–water partition coefficient (Wildman–Crippen LogP) is 3.90. The van der Waals surface area contributed by atoms with E-state index in [0.717, 1.165) is 19.3 Å². The van der Waals surface area contributed by atoms with Gasteiger partial charge in [0.1, 0.15) is 0 Å². The molecule has 0 saturated heterocycles. The van der Waals surface area contributed by atoms with Crippen LogP contribution in [0.3, 0.4) is 0 Å². The van der Waals surface area contributed by atoms with E-state index in [2.05, 4.69) is 5.32 Å². The lowest BCUT2D eigenvalue weighted by Gasteiger charge is -2.36. The molecule has 0 aromatic heterocycles. The minimum atomic E-state index is -5.26. The Morgan fingerprint density at radius 3 is 1.83 bits per heavy atom. The summed E-state index contributed by atoms with van der Waals surface area (Å²) in [4.78, 5) is 0. The van der Waals surface area contributed by atoms with Gasteiger partial charge in [-0.2, -0.15) is 26.3 Å². The lowest BCUT2D eigenvalue weighted by atomic mass is 9.78. The molecular weight excluding hydrogens is 260 g/mol. The molecule has 7 heteroatoms. The Kier molecular flexibility index (Phi) is 4.91. The maximum Gasteiger partial charge on any atom is 0.401 e. The summed E-state index contributed by atoms with van der Waals surface area (Å²) in [7, 11) is 0. The number of rotatable bonds is 5. The summed E-state index contributed by atoms with van der Waals surface area (Å²) in [6, 6.07) is -1.57. The van der Waals surface area contributed by atoms with Gasteiger partial charge >= 0.3 is 12.4 Å². The van der Waals surface area contributed by atoms with Crippen LogP contribution in [0, 0.1) is 11.8 Å². The van der Waals surface area contributed by atoms with Gasteiger partial charge in [-0.1, -0.05) is 26.2 Å². The third-order valence-electron chi connectivity index (χ3n) is 3.39. The highest BCUT2D eigenvalue weighted by Gasteiger charge is 2.60. The number of hydrogen-bond acceptors (Lipinski definition) is 1. The van der Waals surface area contributed by atoms with E-state index >= 15 is 0 Å². The predicted molar refractivity (Wildman–Crippen MR) is 55.0 cm³/mol. The Labute approximate surface area is 102 Å². The first-order valence-electron chi connectivity index (χ1n) is 6.03. The molecule has 0 heterocycles. The molecule has 1 nitrogen and oxygen atoms in total. The number of halogens is 6. The molecule has 0 spiro atoms. The zero-order valence-electron chi connectivity index (χ0n) is 10.0. The fourth-order valence-corrected chi connectivity index (χ4v) is 2.33. The van der Waals surface area contributed by atoms with Crippen molar-refractivity contribution in [2.75, 3.05) is 6.54 Å². The second-order valence-corrected chi connectivity index (χ2v) is 4.76. The zero-order chi connectivity index (χ0) is 14.0. The first-order chi connectivity index (χ1) is 8.16. The molecule has 0 radical (unpaired) electrons. The Balaban J connectivity index is 2.82. The van der Waals surface area contributed by atoms with Crippen LogP contribution in [0.25, 0.3) is 0 Å². The third kappa shape index (κ3) is 4.03. The van der Waals surface area contributed by atoms with Crippen LogP contribution in [0.1, 0.15) is 32.6 Å². The van der Waals surface area contributed by atoms with E-state index in [9.17, 15) is 26.3 Å². The van der Waals surface area contributed by atoms with Crippen LogP contribution in [0.15, 0.2) is 0 Å². The summed E-state index contributed by atoms with van der Waals surface area (Å²) in [5, 5.41) is 2.35. The molecule has 1 fully saturated rings. The van der Waals surface area contributed by atoms with Crippen LogP contribution >= 0.6 is 0 Å². The fraction of sp³-hybridized carbons (Fsp3) is 1.00. The van der Waals surface area contributed by atoms with Gasteiger partial charge in [0.05, 0.1) is 0 Å². The normalized spacial score (nSPS) is 20.0. The summed E-state index contributed by atoms with van der Waals surface area (Å²) in [6.45, 7) is 1.61. The SMILES string of the molecule is CCNC(CC1CCC1)C(C(F)(F)F)C(F)(F)F. The average Bonchev–Trinajstić information content (AvgIpc) is 2.06. The van der Waals surface area contributed by atoms with Crippen LogP contribution < -0.4 is 5.32 Å². The minimum Gasteiger partial charge on any atom is -0.313 e. The van der Waals surface area contributed by atoms with Crippen molar-refractivity contribution in [2.45, 2.75) is 51.0 Å². The van der Waals surface area contributed by atoms with E-state index in [1.165, 1.54) is 6.92 Å². The molecule has 0 aromatic rings. The van der Waals surface area contributed by atoms with Gasteiger partial charge in [0, 0.05) is 6.04 Å². The molecule has 0 aromatic carbocycles. The summed E-state index contributed by atoms with van der Waals surface area (Å²) in [5.74, 6) is -3.29. The van der Waals surface area contributed by atoms with Crippen LogP contribution in [-0.4, -0.2) is 24.9 Å². The fourth-order valence-electron chi connectivity index (χ4n) is 2.33. The summed E-state index contributed by atoms with van der Waals surface area (Å²) in [6.07, 6.45) is -8.22. The standard InChI is InChI=1S/C11H17F6N/c1-2-18-8(6-7-4-3-5-7)9(10(12,13)14)11(15,16)17/h7-9,18H,2-6H2,1H3. The zero-order valence-corrected chi connectivity index (χ0v) is 10.0. The van der Waals surface area contributed by atoms with Gasteiger partial charge in [-0.25, -0.2) is 0 Å². The van der Waals surface area contributed by atoms with Gasteiger partial charge in [-0.3, -0.25) is 0 Å². The van der Waals surface area contributed by atoms with Crippen molar-refractivity contribution in [3.63, 3.8) is 0 Å². The average molecular weight is 277 g/mol. The number of nitrogens with one attached hydrogen (secondary N) is 1. The monoisotopic (exact) mass is 277 g/mol. The summed E-state index contributed by atoms with van der Waals surface area (Å²) in [5.41, 5.74) is 0. The smallest absolute Gasteiger partial charge is 0.313 e. The van der Waals surface area contributed by atoms with Crippen LogP contribution in [0.4, 0.5) is 26.3 Å². The van der Waals surface area contributed by atoms with Crippen molar-refractivity contribution in [2.24, 2.45) is 11.8 Å². The van der Waals surface area contributed by atoms with Crippen molar-refractivity contribution in [3.05, 3.63) is 0 Å². The maximum absolute atomic E-state index is 12.6. The number of alkyl halides is 6. The summed E-state index contributed by atoms with van der Waals surface area (Å²) < 4.78 is 75.6. The van der Waals surface area contributed by atoms with E-state index in [0.29, 0.717) is 0 Å². The Morgan fingerprint density at radius 2 is 1.56 bits per heavy atom. The van der Waals surface area contributed by atoms with Crippen molar-refractivity contribution in [3.8, 4) is 0 Å². The first kappa shape index (κ1) is 15.6. The molecule has 1 aliphatic carbocycles. The molecule has 1 atom stereocenters. The lowest BCUT2D eigenvalue weighted by Crippen LogP contribution is -2.52. The van der Waals surface area contributed by atoms with Gasteiger partial charge in [-0.15, -0.1) is 0 Å². The van der Waals surface area contributed by atoms with Gasteiger partial charge in [0.25, 0.3) is 0 Å². The lowest BCUT2D eigenvalue weighted by molar-refractivity contribution is -0.292. The quantitative estimate of drug-likeness (QED) is 0.752. The van der Waals surface area contributed by atoms with Gasteiger partial charge in [0.2, 0.25) is 0 Å². The number of hydrogen-bond donors (Lipinski definition) is 1. The molecule has 1 aliphatic rings. The van der Waals surface area contributed by atoms with E-state index in [1.54, 1.807) is 0 Å². The van der Waals surface area contributed by atoms with Crippen molar-refractivity contribution in [1.29, 1.82) is 0 Å². The highest BCUT2D eigenvalue weighted by atomic mass is 19.4. The van der Waals surface area contributed by atoms with Gasteiger partial charge in [0.15, 0.2) is 5.92 Å². The molecule has 0 aliphatic heterocycles. The molecular formula is C11H17F6N. The topological polar surface area (TPSA) is 12.0 Å². The Morgan fingerprint density at radius 1 is 1.06 bits per heavy atom. The molecule has 18 heavy (non-hydrogen) atoms. The van der Waals surface area contributed by atoms with E-state index in [-0.39, 0.29) is 18.9 Å². The molecule has 0 bridgehead atoms. The second-order valence-electron chi connectivity index (χ2n) is 4.76. The molecule has 0 amide bonds. The van der Waals surface area contributed by atoms with Gasteiger partial charge < -0.3 is 5.32 Å². The molecule has 1 unspecified atom stereocenters. The van der Waals surface area contributed by atoms with E-state index < -0.39 is 24.3 Å². The highest BCUT2D eigenvalue weighted by molar-refractivity contribution is 4.89. The van der Waals surface area contributed by atoms with Crippen LogP contribution in [0.2, 0.25) is 0 Å². The molecule has 108 valence electrons. The largest absolute Gasteiger partial charge is 0.401 e. The van der Waals surface area contributed by atoms with Crippen molar-refractivity contribution >= 4 is 0 Å². The van der Waals surface area contributed by atoms with E-state index in [1.807, 2.05) is 0 Å². The Hall–Kier alpha value is -0.460. The van der Waals surface area contributed by atoms with Crippen LogP contribution in [-0.2, 0) is 0 Å². The van der Waals surface area contributed by atoms with Crippen molar-refractivity contribution < 1.29 is 26.3 Å². The van der Waals surface area contributed by atoms with Gasteiger partial charge in [-0.05, 0) is 18.9 Å². The first-order valence-corrected chi connectivity index (χ1v) is 6.03. The molecule has 1 N–H and O–H groups in total. The molecule has 1 rings (SSSR count). The van der Waals surface area contributed by atoms with Crippen molar-refractivity contribution in [1.82, 2.24) is 5.32 Å². The Bertz CT molecular complexity index is 241.